The van der Waals surface area contributed by atoms with E-state index in [1.54, 1.807) is 6.92 Å². The van der Waals surface area contributed by atoms with E-state index in [2.05, 4.69) is 0 Å². The first-order valence-electron chi connectivity index (χ1n) is 4.24. The summed E-state index contributed by atoms with van der Waals surface area (Å²) < 4.78 is 33.6. The highest BCUT2D eigenvalue weighted by atomic mass is 32.2. The van der Waals surface area contributed by atoms with E-state index in [0.29, 0.717) is 12.2 Å². The van der Waals surface area contributed by atoms with Crippen molar-refractivity contribution >= 4 is 20.6 Å². The van der Waals surface area contributed by atoms with E-state index in [4.69, 9.17) is 5.73 Å². The molecule has 1 fully saturated rings. The van der Waals surface area contributed by atoms with Crippen molar-refractivity contribution < 1.29 is 12.6 Å². The van der Waals surface area contributed by atoms with Gasteiger partial charge in [0.25, 0.3) is 0 Å². The van der Waals surface area contributed by atoms with Crippen LogP contribution < -0.4 is 5.73 Å². The smallest absolute Gasteiger partial charge is 0.151 e. The Bertz CT molecular complexity index is 297. The molecule has 0 saturated carbocycles. The van der Waals surface area contributed by atoms with Crippen molar-refractivity contribution in [3.8, 4) is 0 Å². The molecular formula is C7H15NO3S2. The molecule has 0 aromatic heterocycles. The van der Waals surface area contributed by atoms with Crippen molar-refractivity contribution in [2.24, 2.45) is 5.73 Å². The van der Waals surface area contributed by atoms with Gasteiger partial charge in [-0.05, 0) is 13.3 Å². The second-order valence-electron chi connectivity index (χ2n) is 3.55. The number of hydrogen-bond donors (Lipinski definition) is 1. The third kappa shape index (κ3) is 3.36. The van der Waals surface area contributed by atoms with E-state index in [-0.39, 0.29) is 22.8 Å². The molecule has 0 aromatic rings. The first kappa shape index (κ1) is 11.1. The van der Waals surface area contributed by atoms with Gasteiger partial charge in [-0.15, -0.1) is 0 Å². The van der Waals surface area contributed by atoms with Gasteiger partial charge in [0.05, 0.1) is 11.5 Å². The van der Waals surface area contributed by atoms with Gasteiger partial charge in [-0.2, -0.15) is 0 Å². The minimum atomic E-state index is -2.91. The molecule has 6 heteroatoms. The Labute approximate surface area is 81.3 Å². The van der Waals surface area contributed by atoms with Crippen molar-refractivity contribution in [3.05, 3.63) is 0 Å². The Morgan fingerprint density at radius 2 is 2.23 bits per heavy atom. The number of rotatable bonds is 3. The molecule has 0 aliphatic carbocycles. The van der Waals surface area contributed by atoms with Crippen LogP contribution in [0.15, 0.2) is 0 Å². The van der Waals surface area contributed by atoms with Crippen LogP contribution in [0.2, 0.25) is 0 Å². The molecule has 0 bridgehead atoms. The molecule has 3 atom stereocenters. The lowest BCUT2D eigenvalue weighted by molar-refractivity contribution is 0.602. The molecule has 4 nitrogen and oxygen atoms in total. The zero-order valence-corrected chi connectivity index (χ0v) is 9.23. The molecule has 2 N–H and O–H groups in total. The molecular weight excluding hydrogens is 210 g/mol. The van der Waals surface area contributed by atoms with Crippen molar-refractivity contribution in [2.45, 2.75) is 24.6 Å². The third-order valence-electron chi connectivity index (χ3n) is 1.99. The van der Waals surface area contributed by atoms with Crippen molar-refractivity contribution in [2.75, 3.05) is 17.3 Å². The largest absolute Gasteiger partial charge is 0.327 e. The summed E-state index contributed by atoms with van der Waals surface area (Å²) in [7, 11) is -3.99. The van der Waals surface area contributed by atoms with E-state index in [1.165, 1.54) is 0 Å². The summed E-state index contributed by atoms with van der Waals surface area (Å²) in [6.45, 7) is 1.78. The van der Waals surface area contributed by atoms with Crippen LogP contribution in [0.5, 0.6) is 0 Å². The van der Waals surface area contributed by atoms with Crippen LogP contribution >= 0.6 is 0 Å². The Hall–Kier alpha value is 0.0600. The summed E-state index contributed by atoms with van der Waals surface area (Å²) in [6, 6.07) is -0.121. The fourth-order valence-corrected chi connectivity index (χ4v) is 5.46. The maximum absolute atomic E-state index is 11.5. The monoisotopic (exact) mass is 225 g/mol. The normalized spacial score (nSPS) is 31.4. The van der Waals surface area contributed by atoms with Crippen LogP contribution in [0.4, 0.5) is 0 Å². The third-order valence-corrected chi connectivity index (χ3v) is 5.97. The maximum atomic E-state index is 11.5. The van der Waals surface area contributed by atoms with Gasteiger partial charge in [0.1, 0.15) is 0 Å². The van der Waals surface area contributed by atoms with Crippen LogP contribution in [-0.2, 0) is 20.6 Å². The van der Waals surface area contributed by atoms with Gasteiger partial charge in [-0.1, -0.05) is 0 Å². The second-order valence-corrected chi connectivity index (χ2v) is 7.54. The van der Waals surface area contributed by atoms with Crippen LogP contribution in [-0.4, -0.2) is 41.2 Å². The molecule has 1 heterocycles. The fourth-order valence-electron chi connectivity index (χ4n) is 1.36. The first-order valence-corrected chi connectivity index (χ1v) is 7.44. The number of sulfone groups is 1. The molecule has 13 heavy (non-hydrogen) atoms. The van der Waals surface area contributed by atoms with Crippen LogP contribution in [0.1, 0.15) is 13.3 Å². The Balaban J connectivity index is 2.52. The van der Waals surface area contributed by atoms with E-state index < -0.39 is 20.6 Å². The second kappa shape index (κ2) is 4.06. The van der Waals surface area contributed by atoms with Gasteiger partial charge in [-0.25, -0.2) is 8.42 Å². The minimum absolute atomic E-state index is 0.0757. The van der Waals surface area contributed by atoms with Crippen LogP contribution in [0.3, 0.4) is 0 Å². The lowest BCUT2D eigenvalue weighted by Crippen LogP contribution is -2.29. The van der Waals surface area contributed by atoms with Crippen LogP contribution in [0.25, 0.3) is 0 Å². The number of nitrogens with two attached hydrogens (primary N) is 1. The molecule has 0 amide bonds. The quantitative estimate of drug-likeness (QED) is 0.687. The van der Waals surface area contributed by atoms with Crippen molar-refractivity contribution in [3.63, 3.8) is 0 Å². The molecule has 1 rings (SSSR count). The standard InChI is InChI=1S/C7H15NO3S2/c1-6(8)4-12(9)7-2-3-13(10,11)5-7/h6-7H,2-5,8H2,1H3. The summed E-state index contributed by atoms with van der Waals surface area (Å²) in [4.78, 5) is 0. The summed E-state index contributed by atoms with van der Waals surface area (Å²) in [5.74, 6) is 0.662. The lowest BCUT2D eigenvalue weighted by atomic mass is 10.4. The van der Waals surface area contributed by atoms with E-state index >= 15 is 0 Å². The molecule has 1 saturated heterocycles. The highest BCUT2D eigenvalue weighted by Gasteiger charge is 2.31. The summed E-state index contributed by atoms with van der Waals surface area (Å²) in [6.07, 6.45) is 0.529. The molecule has 1 aliphatic rings. The van der Waals surface area contributed by atoms with Crippen LogP contribution in [0, 0.1) is 0 Å². The minimum Gasteiger partial charge on any atom is -0.327 e. The Kier molecular flexibility index (Phi) is 3.48. The zero-order valence-electron chi connectivity index (χ0n) is 7.60. The van der Waals surface area contributed by atoms with Gasteiger partial charge in [0.2, 0.25) is 0 Å². The summed E-state index contributed by atoms with van der Waals surface area (Å²) in [5, 5.41) is -0.184. The fraction of sp³-hybridized carbons (Fsp3) is 1.00. The lowest BCUT2D eigenvalue weighted by Gasteiger charge is -2.09. The molecule has 0 radical (unpaired) electrons. The Morgan fingerprint density at radius 3 is 2.62 bits per heavy atom. The first-order chi connectivity index (χ1) is 5.91. The highest BCUT2D eigenvalue weighted by Crippen LogP contribution is 2.17. The predicted octanol–water partition coefficient (Wildman–Crippen LogP) is -0.731. The Morgan fingerprint density at radius 1 is 1.62 bits per heavy atom. The molecule has 0 spiro atoms. The maximum Gasteiger partial charge on any atom is 0.151 e. The van der Waals surface area contributed by atoms with Gasteiger partial charge >= 0.3 is 0 Å². The zero-order chi connectivity index (χ0) is 10.1. The highest BCUT2D eigenvalue weighted by molar-refractivity contribution is 7.94. The SMILES string of the molecule is CC(N)CS(=O)C1CCS(=O)(=O)C1. The van der Waals surface area contributed by atoms with E-state index in [0.717, 1.165) is 0 Å². The van der Waals surface area contributed by atoms with Gasteiger partial charge in [0.15, 0.2) is 9.84 Å². The molecule has 3 unspecified atom stereocenters. The topological polar surface area (TPSA) is 77.2 Å². The van der Waals surface area contributed by atoms with E-state index in [9.17, 15) is 12.6 Å². The molecule has 0 aromatic carbocycles. The predicted molar refractivity (Wildman–Crippen MR) is 53.7 cm³/mol. The number of hydrogen-bond acceptors (Lipinski definition) is 4. The van der Waals surface area contributed by atoms with Crippen molar-refractivity contribution in [1.29, 1.82) is 0 Å². The van der Waals surface area contributed by atoms with Crippen molar-refractivity contribution in [1.82, 2.24) is 0 Å². The van der Waals surface area contributed by atoms with Gasteiger partial charge in [0, 0.05) is 27.8 Å². The average Bonchev–Trinajstić information content (AvgIpc) is 2.28. The molecule has 78 valence electrons. The molecule has 1 aliphatic heterocycles. The summed E-state index contributed by atoms with van der Waals surface area (Å²) >= 11 is 0. The van der Waals surface area contributed by atoms with Gasteiger partial charge in [-0.3, -0.25) is 4.21 Å². The van der Waals surface area contributed by atoms with E-state index in [1.807, 2.05) is 0 Å². The van der Waals surface area contributed by atoms with Gasteiger partial charge < -0.3 is 5.73 Å². The average molecular weight is 225 g/mol. The summed E-state index contributed by atoms with van der Waals surface area (Å²) in [5.41, 5.74) is 5.49.